The maximum atomic E-state index is 13.0. The highest BCUT2D eigenvalue weighted by molar-refractivity contribution is 7.92. The first-order valence-corrected chi connectivity index (χ1v) is 7.99. The largest absolute Gasteiger partial charge is 0.494 e. The van der Waals surface area contributed by atoms with Gasteiger partial charge >= 0.3 is 0 Å². The zero-order chi connectivity index (χ0) is 15.5. The van der Waals surface area contributed by atoms with Crippen molar-refractivity contribution in [2.45, 2.75) is 11.8 Å². The molecular weight excluding hydrogens is 317 g/mol. The molecule has 0 aliphatic carbocycles. The van der Waals surface area contributed by atoms with E-state index in [-0.39, 0.29) is 9.92 Å². The smallest absolute Gasteiger partial charge is 0.263 e. The molecule has 0 saturated carbocycles. The average molecular weight is 330 g/mol. The Bertz CT molecular complexity index is 750. The molecular formula is C14H13ClFNO3S. The standard InChI is InChI=1S/C14H13ClFNO3S/c1-2-20-12-5-3-4-11(9-12)17-21(18,19)14-7-6-10(16)8-13(14)15/h3-9,17H,2H2,1H3. The van der Waals surface area contributed by atoms with Crippen molar-refractivity contribution in [1.82, 2.24) is 0 Å². The van der Waals surface area contributed by atoms with Crippen LogP contribution in [0.4, 0.5) is 10.1 Å². The zero-order valence-electron chi connectivity index (χ0n) is 11.1. The lowest BCUT2D eigenvalue weighted by Crippen LogP contribution is -2.13. The van der Waals surface area contributed by atoms with E-state index in [1.54, 1.807) is 24.3 Å². The van der Waals surface area contributed by atoms with Gasteiger partial charge in [-0.1, -0.05) is 17.7 Å². The Morgan fingerprint density at radius 1 is 1.24 bits per heavy atom. The molecule has 0 unspecified atom stereocenters. The van der Waals surface area contributed by atoms with Crippen molar-refractivity contribution in [2.24, 2.45) is 0 Å². The summed E-state index contributed by atoms with van der Waals surface area (Å²) in [6.07, 6.45) is 0. The van der Waals surface area contributed by atoms with Gasteiger partial charge in [-0.3, -0.25) is 4.72 Å². The second-order valence-electron chi connectivity index (χ2n) is 4.14. The van der Waals surface area contributed by atoms with Gasteiger partial charge in [-0.05, 0) is 37.3 Å². The van der Waals surface area contributed by atoms with E-state index in [0.29, 0.717) is 18.0 Å². The molecule has 2 aromatic rings. The minimum Gasteiger partial charge on any atom is -0.494 e. The summed E-state index contributed by atoms with van der Waals surface area (Å²) in [6.45, 7) is 2.30. The van der Waals surface area contributed by atoms with Gasteiger partial charge in [-0.15, -0.1) is 0 Å². The van der Waals surface area contributed by atoms with Crippen molar-refractivity contribution in [3.05, 3.63) is 53.3 Å². The van der Waals surface area contributed by atoms with Crippen molar-refractivity contribution in [3.63, 3.8) is 0 Å². The second-order valence-corrected chi connectivity index (χ2v) is 6.20. The van der Waals surface area contributed by atoms with Crippen molar-refractivity contribution in [2.75, 3.05) is 11.3 Å². The Morgan fingerprint density at radius 2 is 2.00 bits per heavy atom. The van der Waals surface area contributed by atoms with Crippen molar-refractivity contribution < 1.29 is 17.5 Å². The fourth-order valence-corrected chi connectivity index (χ4v) is 3.30. The molecule has 112 valence electrons. The van der Waals surface area contributed by atoms with E-state index in [1.165, 1.54) is 0 Å². The summed E-state index contributed by atoms with van der Waals surface area (Å²) in [6, 6.07) is 9.62. The van der Waals surface area contributed by atoms with Gasteiger partial charge in [0.15, 0.2) is 0 Å². The summed E-state index contributed by atoms with van der Waals surface area (Å²) in [5.41, 5.74) is 0.335. The molecule has 0 aromatic heterocycles. The summed E-state index contributed by atoms with van der Waals surface area (Å²) in [4.78, 5) is -0.188. The molecule has 0 aliphatic heterocycles. The van der Waals surface area contributed by atoms with Crippen LogP contribution in [0.25, 0.3) is 0 Å². The van der Waals surface area contributed by atoms with Gasteiger partial charge in [0.25, 0.3) is 10.0 Å². The highest BCUT2D eigenvalue weighted by Gasteiger charge is 2.18. The molecule has 0 radical (unpaired) electrons. The number of benzene rings is 2. The van der Waals surface area contributed by atoms with Gasteiger partial charge in [-0.2, -0.15) is 0 Å². The van der Waals surface area contributed by atoms with Gasteiger partial charge < -0.3 is 4.74 Å². The topological polar surface area (TPSA) is 55.4 Å². The number of nitrogens with one attached hydrogen (secondary N) is 1. The first-order chi connectivity index (χ1) is 9.92. The highest BCUT2D eigenvalue weighted by Crippen LogP contribution is 2.25. The lowest BCUT2D eigenvalue weighted by atomic mass is 10.3. The zero-order valence-corrected chi connectivity index (χ0v) is 12.7. The molecule has 0 spiro atoms. The third-order valence-corrected chi connectivity index (χ3v) is 4.44. The van der Waals surface area contributed by atoms with Crippen molar-refractivity contribution in [3.8, 4) is 5.75 Å². The number of hydrogen-bond acceptors (Lipinski definition) is 3. The Kier molecular flexibility index (Phi) is 4.69. The molecule has 1 N–H and O–H groups in total. The Hall–Kier alpha value is -1.79. The van der Waals surface area contributed by atoms with E-state index in [9.17, 15) is 12.8 Å². The van der Waals surface area contributed by atoms with E-state index < -0.39 is 15.8 Å². The van der Waals surface area contributed by atoms with E-state index in [1.807, 2.05) is 6.92 Å². The Labute approximate surface area is 127 Å². The van der Waals surface area contributed by atoms with Crippen LogP contribution in [-0.4, -0.2) is 15.0 Å². The number of halogens is 2. The van der Waals surface area contributed by atoms with Crippen LogP contribution in [0.3, 0.4) is 0 Å². The van der Waals surface area contributed by atoms with Gasteiger partial charge in [-0.25, -0.2) is 12.8 Å². The average Bonchev–Trinajstić information content (AvgIpc) is 2.38. The molecule has 21 heavy (non-hydrogen) atoms. The predicted molar refractivity (Wildman–Crippen MR) is 79.8 cm³/mol. The van der Waals surface area contributed by atoms with E-state index in [4.69, 9.17) is 16.3 Å². The van der Waals surface area contributed by atoms with Crippen LogP contribution < -0.4 is 9.46 Å². The predicted octanol–water partition coefficient (Wildman–Crippen LogP) is 3.68. The fourth-order valence-electron chi connectivity index (χ4n) is 1.72. The van der Waals surface area contributed by atoms with Gasteiger partial charge in [0.2, 0.25) is 0 Å². The van der Waals surface area contributed by atoms with Crippen LogP contribution in [0.5, 0.6) is 5.75 Å². The molecule has 0 fully saturated rings. The quantitative estimate of drug-likeness (QED) is 0.910. The summed E-state index contributed by atoms with van der Waals surface area (Å²) in [5.74, 6) is -0.0554. The molecule has 0 atom stereocenters. The SMILES string of the molecule is CCOc1cccc(NS(=O)(=O)c2ccc(F)cc2Cl)c1. The van der Waals surface area contributed by atoms with Gasteiger partial charge in [0, 0.05) is 6.07 Å². The molecule has 0 saturated heterocycles. The van der Waals surface area contributed by atoms with Crippen molar-refractivity contribution in [1.29, 1.82) is 0 Å². The molecule has 2 rings (SSSR count). The number of sulfonamides is 1. The molecule has 0 bridgehead atoms. The maximum Gasteiger partial charge on any atom is 0.263 e. The lowest BCUT2D eigenvalue weighted by Gasteiger charge is -2.11. The minimum atomic E-state index is -3.90. The normalized spacial score (nSPS) is 11.2. The minimum absolute atomic E-state index is 0.177. The third kappa shape index (κ3) is 3.86. The number of hydrogen-bond donors (Lipinski definition) is 1. The fraction of sp³-hybridized carbons (Fsp3) is 0.143. The van der Waals surface area contributed by atoms with Crippen LogP contribution in [-0.2, 0) is 10.0 Å². The lowest BCUT2D eigenvalue weighted by molar-refractivity contribution is 0.340. The molecule has 0 heterocycles. The summed E-state index contributed by atoms with van der Waals surface area (Å²) in [5, 5.41) is -0.177. The van der Waals surface area contributed by atoms with Crippen LogP contribution in [0.15, 0.2) is 47.4 Å². The van der Waals surface area contributed by atoms with Crippen molar-refractivity contribution >= 4 is 27.3 Å². The maximum absolute atomic E-state index is 13.0. The summed E-state index contributed by atoms with van der Waals surface area (Å²) >= 11 is 5.78. The summed E-state index contributed by atoms with van der Waals surface area (Å²) < 4.78 is 45.1. The van der Waals surface area contributed by atoms with Gasteiger partial charge in [0.05, 0.1) is 17.3 Å². The van der Waals surface area contributed by atoms with Crippen LogP contribution in [0.2, 0.25) is 5.02 Å². The van der Waals surface area contributed by atoms with E-state index in [0.717, 1.165) is 18.2 Å². The van der Waals surface area contributed by atoms with E-state index in [2.05, 4.69) is 4.72 Å². The monoisotopic (exact) mass is 329 g/mol. The van der Waals surface area contributed by atoms with Crippen LogP contribution in [0, 0.1) is 5.82 Å². The number of ether oxygens (including phenoxy) is 1. The molecule has 0 amide bonds. The third-order valence-electron chi connectivity index (χ3n) is 2.58. The number of anilines is 1. The van der Waals surface area contributed by atoms with Gasteiger partial charge in [0.1, 0.15) is 16.5 Å². The van der Waals surface area contributed by atoms with Crippen LogP contribution >= 0.6 is 11.6 Å². The Morgan fingerprint density at radius 3 is 2.67 bits per heavy atom. The van der Waals surface area contributed by atoms with Crippen LogP contribution in [0.1, 0.15) is 6.92 Å². The first kappa shape index (κ1) is 15.6. The highest BCUT2D eigenvalue weighted by atomic mass is 35.5. The first-order valence-electron chi connectivity index (χ1n) is 6.13. The molecule has 7 heteroatoms. The Balaban J connectivity index is 2.31. The number of rotatable bonds is 5. The molecule has 0 aliphatic rings. The molecule has 4 nitrogen and oxygen atoms in total. The van der Waals surface area contributed by atoms with E-state index >= 15 is 0 Å². The summed E-state index contributed by atoms with van der Waals surface area (Å²) in [7, 11) is -3.90. The molecule has 2 aromatic carbocycles. The second kappa shape index (κ2) is 6.32.